The van der Waals surface area contributed by atoms with Crippen molar-refractivity contribution in [2.75, 3.05) is 11.9 Å². The number of nitrogens with one attached hydrogen (secondary N) is 1. The zero-order valence-electron chi connectivity index (χ0n) is 14.3. The van der Waals surface area contributed by atoms with Crippen molar-refractivity contribution in [3.05, 3.63) is 54.1 Å². The highest BCUT2D eigenvalue weighted by Gasteiger charge is 2.27. The van der Waals surface area contributed by atoms with Gasteiger partial charge in [-0.25, -0.2) is 14.6 Å². The molecule has 0 radical (unpaired) electrons. The molecule has 3 aromatic rings. The van der Waals surface area contributed by atoms with Crippen molar-refractivity contribution in [3.8, 4) is 17.4 Å². The van der Waals surface area contributed by atoms with E-state index >= 15 is 0 Å². The standard InChI is InChI=1S/C18H17N5O3/c1-11-7-12(2)23(22-11)18-19-8-13(9-20-18)21-17(24)16-10-25-14-5-3-4-6-15(14)26-16/h3-9,16H,10H2,1-2H3,(H,21,24). The Balaban J connectivity index is 1.44. The van der Waals surface area contributed by atoms with Gasteiger partial charge in [-0.2, -0.15) is 5.10 Å². The summed E-state index contributed by atoms with van der Waals surface area (Å²) in [6.07, 6.45) is 2.34. The highest BCUT2D eigenvalue weighted by Crippen LogP contribution is 2.31. The minimum Gasteiger partial charge on any atom is -0.485 e. The van der Waals surface area contributed by atoms with E-state index in [4.69, 9.17) is 9.47 Å². The number of carbonyl (C=O) groups is 1. The van der Waals surface area contributed by atoms with Crippen LogP contribution in [0.1, 0.15) is 11.4 Å². The Morgan fingerprint density at radius 2 is 1.92 bits per heavy atom. The molecule has 0 fully saturated rings. The van der Waals surface area contributed by atoms with E-state index in [1.807, 2.05) is 32.0 Å². The van der Waals surface area contributed by atoms with Gasteiger partial charge in [0.2, 0.25) is 6.10 Å². The summed E-state index contributed by atoms with van der Waals surface area (Å²) in [7, 11) is 0. The number of nitrogens with zero attached hydrogens (tertiary/aromatic N) is 4. The average molecular weight is 351 g/mol. The van der Waals surface area contributed by atoms with E-state index in [0.717, 1.165) is 11.4 Å². The topological polar surface area (TPSA) is 91.2 Å². The van der Waals surface area contributed by atoms with Crippen LogP contribution >= 0.6 is 0 Å². The number of anilines is 1. The van der Waals surface area contributed by atoms with Crippen LogP contribution in [0.25, 0.3) is 5.95 Å². The van der Waals surface area contributed by atoms with Gasteiger partial charge in [-0.05, 0) is 32.0 Å². The number of para-hydroxylation sites is 2. The predicted octanol–water partition coefficient (Wildman–Crippen LogP) is 2.06. The van der Waals surface area contributed by atoms with Crippen LogP contribution in [0.4, 0.5) is 5.69 Å². The number of carbonyl (C=O) groups excluding carboxylic acids is 1. The quantitative estimate of drug-likeness (QED) is 0.777. The summed E-state index contributed by atoms with van der Waals surface area (Å²) >= 11 is 0. The maximum atomic E-state index is 12.4. The number of benzene rings is 1. The number of amides is 1. The summed E-state index contributed by atoms with van der Waals surface area (Å²) in [5.74, 6) is 1.31. The first kappa shape index (κ1) is 16.1. The lowest BCUT2D eigenvalue weighted by molar-refractivity contribution is -0.125. The molecule has 0 aliphatic carbocycles. The molecule has 0 saturated heterocycles. The monoisotopic (exact) mass is 351 g/mol. The molecule has 1 atom stereocenters. The summed E-state index contributed by atoms with van der Waals surface area (Å²) in [6.45, 7) is 3.98. The van der Waals surface area contributed by atoms with Crippen molar-refractivity contribution < 1.29 is 14.3 Å². The van der Waals surface area contributed by atoms with Gasteiger partial charge in [-0.15, -0.1) is 0 Å². The van der Waals surface area contributed by atoms with Gasteiger partial charge in [-0.3, -0.25) is 4.79 Å². The van der Waals surface area contributed by atoms with Crippen LogP contribution in [0.3, 0.4) is 0 Å². The van der Waals surface area contributed by atoms with E-state index in [0.29, 0.717) is 23.1 Å². The first-order chi connectivity index (χ1) is 12.6. The lowest BCUT2D eigenvalue weighted by atomic mass is 10.2. The molecule has 8 nitrogen and oxygen atoms in total. The molecule has 1 aromatic carbocycles. The number of ether oxygens (including phenoxy) is 2. The highest BCUT2D eigenvalue weighted by atomic mass is 16.6. The molecule has 1 amide bonds. The van der Waals surface area contributed by atoms with Crippen LogP contribution < -0.4 is 14.8 Å². The molecule has 0 saturated carbocycles. The molecule has 4 rings (SSSR count). The summed E-state index contributed by atoms with van der Waals surface area (Å²) in [5, 5.41) is 7.08. The van der Waals surface area contributed by atoms with Gasteiger partial charge < -0.3 is 14.8 Å². The lowest BCUT2D eigenvalue weighted by Gasteiger charge is -2.25. The number of hydrogen-bond donors (Lipinski definition) is 1. The van der Waals surface area contributed by atoms with E-state index in [-0.39, 0.29) is 12.5 Å². The third kappa shape index (κ3) is 3.08. The third-order valence-corrected chi connectivity index (χ3v) is 3.91. The third-order valence-electron chi connectivity index (χ3n) is 3.91. The summed E-state index contributed by atoms with van der Waals surface area (Å²) in [5.41, 5.74) is 2.30. The molecule has 26 heavy (non-hydrogen) atoms. The van der Waals surface area contributed by atoms with Crippen LogP contribution in [0.5, 0.6) is 11.5 Å². The Kier molecular flexibility index (Phi) is 4.00. The molecule has 1 aliphatic heterocycles. The maximum Gasteiger partial charge on any atom is 0.269 e. The Hall–Kier alpha value is -3.42. The number of hydrogen-bond acceptors (Lipinski definition) is 6. The van der Waals surface area contributed by atoms with Crippen molar-refractivity contribution in [1.82, 2.24) is 19.7 Å². The van der Waals surface area contributed by atoms with Crippen molar-refractivity contribution in [2.45, 2.75) is 20.0 Å². The van der Waals surface area contributed by atoms with Crippen molar-refractivity contribution in [1.29, 1.82) is 0 Å². The van der Waals surface area contributed by atoms with Crippen molar-refractivity contribution in [2.24, 2.45) is 0 Å². The summed E-state index contributed by atoms with van der Waals surface area (Å²) in [4.78, 5) is 20.9. The van der Waals surface area contributed by atoms with E-state index in [1.54, 1.807) is 16.8 Å². The fraction of sp³-hybridized carbons (Fsp3) is 0.222. The van der Waals surface area contributed by atoms with Gasteiger partial charge in [0.1, 0.15) is 6.61 Å². The van der Waals surface area contributed by atoms with Gasteiger partial charge in [0.15, 0.2) is 11.5 Å². The van der Waals surface area contributed by atoms with Crippen LogP contribution in [0.15, 0.2) is 42.7 Å². The van der Waals surface area contributed by atoms with Crippen LogP contribution in [0.2, 0.25) is 0 Å². The molecule has 1 N–H and O–H groups in total. The fourth-order valence-corrected chi connectivity index (χ4v) is 2.70. The second-order valence-corrected chi connectivity index (χ2v) is 5.96. The molecule has 2 aromatic heterocycles. The molecule has 0 bridgehead atoms. The molecular formula is C18H17N5O3. The summed E-state index contributed by atoms with van der Waals surface area (Å²) in [6, 6.07) is 9.19. The predicted molar refractivity (Wildman–Crippen MR) is 93.6 cm³/mol. The average Bonchev–Trinajstić information content (AvgIpc) is 3.00. The van der Waals surface area contributed by atoms with Gasteiger partial charge in [0, 0.05) is 5.69 Å². The smallest absolute Gasteiger partial charge is 0.269 e. The van der Waals surface area contributed by atoms with Crippen LogP contribution in [0, 0.1) is 13.8 Å². The molecule has 1 aliphatic rings. The molecule has 132 valence electrons. The van der Waals surface area contributed by atoms with E-state index in [2.05, 4.69) is 20.4 Å². The Morgan fingerprint density at radius 1 is 1.19 bits per heavy atom. The SMILES string of the molecule is Cc1cc(C)n(-c2ncc(NC(=O)C3COc4ccccc4O3)cn2)n1. The molecule has 8 heteroatoms. The molecule has 3 heterocycles. The lowest BCUT2D eigenvalue weighted by Crippen LogP contribution is -2.40. The first-order valence-electron chi connectivity index (χ1n) is 8.15. The zero-order valence-corrected chi connectivity index (χ0v) is 14.3. The van der Waals surface area contributed by atoms with E-state index in [1.165, 1.54) is 12.4 Å². The van der Waals surface area contributed by atoms with Gasteiger partial charge >= 0.3 is 0 Å². The largest absolute Gasteiger partial charge is 0.485 e. The molecule has 1 unspecified atom stereocenters. The van der Waals surface area contributed by atoms with Gasteiger partial charge in [0.25, 0.3) is 11.9 Å². The second-order valence-electron chi connectivity index (χ2n) is 5.96. The number of rotatable bonds is 3. The Morgan fingerprint density at radius 3 is 2.62 bits per heavy atom. The Bertz CT molecular complexity index is 952. The highest BCUT2D eigenvalue weighted by molar-refractivity contribution is 5.94. The molecule has 0 spiro atoms. The zero-order chi connectivity index (χ0) is 18.1. The molecular weight excluding hydrogens is 334 g/mol. The van der Waals surface area contributed by atoms with Crippen LogP contribution in [-0.2, 0) is 4.79 Å². The fourth-order valence-electron chi connectivity index (χ4n) is 2.70. The Labute approximate surface area is 149 Å². The number of aryl methyl sites for hydroxylation is 2. The normalized spacial score (nSPS) is 15.5. The van der Waals surface area contributed by atoms with Crippen LogP contribution in [-0.4, -0.2) is 38.4 Å². The van der Waals surface area contributed by atoms with Crippen molar-refractivity contribution >= 4 is 11.6 Å². The summed E-state index contributed by atoms with van der Waals surface area (Å²) < 4.78 is 12.9. The second kappa shape index (κ2) is 6.47. The van der Waals surface area contributed by atoms with E-state index < -0.39 is 6.10 Å². The van der Waals surface area contributed by atoms with Gasteiger partial charge in [-0.1, -0.05) is 12.1 Å². The number of fused-ring (bicyclic) bond motifs is 1. The van der Waals surface area contributed by atoms with Gasteiger partial charge in [0.05, 0.1) is 23.8 Å². The maximum absolute atomic E-state index is 12.4. The van der Waals surface area contributed by atoms with E-state index in [9.17, 15) is 4.79 Å². The van der Waals surface area contributed by atoms with Crippen molar-refractivity contribution in [3.63, 3.8) is 0 Å². The first-order valence-corrected chi connectivity index (χ1v) is 8.15. The number of aromatic nitrogens is 4. The minimum absolute atomic E-state index is 0.146. The minimum atomic E-state index is -0.736.